The second-order valence-corrected chi connectivity index (χ2v) is 11.2. The molecular formula is C39H21N3O3. The molecule has 0 aliphatic heterocycles. The van der Waals surface area contributed by atoms with Gasteiger partial charge in [0, 0.05) is 67.6 Å². The molecule has 0 radical (unpaired) electrons. The van der Waals surface area contributed by atoms with Crippen LogP contribution in [0, 0.1) is 0 Å². The Morgan fingerprint density at radius 1 is 0.333 bits per heavy atom. The fraction of sp³-hybridized carbons (Fsp3) is 0. The van der Waals surface area contributed by atoms with E-state index in [0.29, 0.717) is 17.1 Å². The monoisotopic (exact) mass is 579 g/mol. The predicted octanol–water partition coefficient (Wildman–Crippen LogP) is 10.6. The lowest BCUT2D eigenvalue weighted by molar-refractivity contribution is 0.655. The van der Waals surface area contributed by atoms with Crippen molar-refractivity contribution in [1.82, 2.24) is 15.0 Å². The number of hydrogen-bond acceptors (Lipinski definition) is 6. The van der Waals surface area contributed by atoms with Gasteiger partial charge in [-0.05, 0) is 71.3 Å². The lowest BCUT2D eigenvalue weighted by Gasteiger charge is -2.12. The van der Waals surface area contributed by atoms with Crippen LogP contribution in [0.25, 0.3) is 99.6 Å². The first-order valence-corrected chi connectivity index (χ1v) is 14.8. The number of aromatic nitrogens is 3. The summed E-state index contributed by atoms with van der Waals surface area (Å²) in [5.74, 6) is 0. The normalized spacial score (nSPS) is 12.0. The van der Waals surface area contributed by atoms with Crippen LogP contribution in [0.3, 0.4) is 0 Å². The second-order valence-electron chi connectivity index (χ2n) is 11.2. The number of hydrogen-bond donors (Lipinski definition) is 0. The summed E-state index contributed by atoms with van der Waals surface area (Å²) in [6.07, 6.45) is 5.28. The van der Waals surface area contributed by atoms with Crippen molar-refractivity contribution in [2.75, 3.05) is 0 Å². The Hall–Kier alpha value is -6.27. The summed E-state index contributed by atoms with van der Waals surface area (Å²) in [7, 11) is 0. The van der Waals surface area contributed by atoms with Crippen molar-refractivity contribution in [1.29, 1.82) is 0 Å². The molecular weight excluding hydrogens is 558 g/mol. The van der Waals surface area contributed by atoms with Gasteiger partial charge in [-0.3, -0.25) is 0 Å². The van der Waals surface area contributed by atoms with E-state index in [-0.39, 0.29) is 0 Å². The molecule has 6 heterocycles. The Morgan fingerprint density at radius 2 is 0.644 bits per heavy atom. The van der Waals surface area contributed by atoms with Crippen LogP contribution in [-0.2, 0) is 0 Å². The van der Waals surface area contributed by atoms with Crippen LogP contribution in [-0.4, -0.2) is 15.0 Å². The highest BCUT2D eigenvalue weighted by molar-refractivity contribution is 6.12. The summed E-state index contributed by atoms with van der Waals surface area (Å²) >= 11 is 0. The molecule has 0 unspecified atom stereocenters. The van der Waals surface area contributed by atoms with Gasteiger partial charge in [0.15, 0.2) is 0 Å². The van der Waals surface area contributed by atoms with Gasteiger partial charge in [0.2, 0.25) is 17.1 Å². The van der Waals surface area contributed by atoms with Gasteiger partial charge in [-0.15, -0.1) is 0 Å². The van der Waals surface area contributed by atoms with E-state index in [0.717, 1.165) is 82.4 Å². The third kappa shape index (κ3) is 3.53. The van der Waals surface area contributed by atoms with Crippen LogP contribution < -0.4 is 0 Å². The van der Waals surface area contributed by atoms with Gasteiger partial charge >= 0.3 is 0 Å². The first kappa shape index (κ1) is 24.2. The lowest BCUT2D eigenvalue weighted by atomic mass is 9.91. The van der Waals surface area contributed by atoms with Crippen LogP contribution in [0.5, 0.6) is 0 Å². The molecule has 6 aromatic heterocycles. The third-order valence-corrected chi connectivity index (χ3v) is 8.69. The predicted molar refractivity (Wildman–Crippen MR) is 178 cm³/mol. The largest absolute Gasteiger partial charge is 0.437 e. The van der Waals surface area contributed by atoms with Crippen LogP contribution in [0.2, 0.25) is 0 Å². The molecule has 210 valence electrons. The zero-order chi connectivity index (χ0) is 29.5. The fourth-order valence-electron chi connectivity index (χ4n) is 6.67. The number of fused-ring (bicyclic) bond motifs is 9. The quantitative estimate of drug-likeness (QED) is 0.207. The fourth-order valence-corrected chi connectivity index (χ4v) is 6.67. The van der Waals surface area contributed by atoms with Crippen molar-refractivity contribution in [2.24, 2.45) is 0 Å². The molecule has 0 saturated carbocycles. The SMILES string of the molecule is c1cnc2oc3c(-c4cc(-c5cccc6c5oc5ncccc56)cc(-c5cccc6c5oc5ncccc56)c4)cccc3c2c1. The minimum atomic E-state index is 0.621. The van der Waals surface area contributed by atoms with Crippen LogP contribution in [0.15, 0.2) is 141 Å². The summed E-state index contributed by atoms with van der Waals surface area (Å²) in [4.78, 5) is 13.5. The molecule has 0 amide bonds. The molecule has 0 bridgehead atoms. The molecule has 0 N–H and O–H groups in total. The van der Waals surface area contributed by atoms with Gasteiger partial charge in [0.1, 0.15) is 16.7 Å². The molecule has 10 rings (SSSR count). The van der Waals surface area contributed by atoms with E-state index < -0.39 is 0 Å². The number of nitrogens with zero attached hydrogens (tertiary/aromatic N) is 3. The Labute approximate surface area is 255 Å². The van der Waals surface area contributed by atoms with Gasteiger partial charge in [0.05, 0.1) is 0 Å². The Kier molecular flexibility index (Phi) is 4.90. The number of furan rings is 3. The molecule has 4 aromatic carbocycles. The molecule has 0 atom stereocenters. The zero-order valence-corrected chi connectivity index (χ0v) is 23.7. The molecule has 10 aromatic rings. The average molecular weight is 580 g/mol. The smallest absolute Gasteiger partial charge is 0.227 e. The highest BCUT2D eigenvalue weighted by atomic mass is 16.3. The minimum absolute atomic E-state index is 0.621. The van der Waals surface area contributed by atoms with Gasteiger partial charge in [-0.1, -0.05) is 54.6 Å². The van der Waals surface area contributed by atoms with Crippen molar-refractivity contribution >= 4 is 66.2 Å². The van der Waals surface area contributed by atoms with Gasteiger partial charge in [-0.2, -0.15) is 0 Å². The maximum atomic E-state index is 6.38. The molecule has 45 heavy (non-hydrogen) atoms. The van der Waals surface area contributed by atoms with Crippen LogP contribution >= 0.6 is 0 Å². The van der Waals surface area contributed by atoms with Crippen molar-refractivity contribution in [3.05, 3.63) is 128 Å². The zero-order valence-electron chi connectivity index (χ0n) is 23.7. The molecule has 6 heteroatoms. The Morgan fingerprint density at radius 3 is 0.978 bits per heavy atom. The number of rotatable bonds is 3. The summed E-state index contributed by atoms with van der Waals surface area (Å²) in [6, 6.07) is 37.3. The maximum Gasteiger partial charge on any atom is 0.227 e. The maximum absolute atomic E-state index is 6.38. The summed E-state index contributed by atoms with van der Waals surface area (Å²) in [5, 5.41) is 6.05. The Bertz CT molecular complexity index is 2470. The molecule has 0 saturated heterocycles. The van der Waals surface area contributed by atoms with Gasteiger partial charge in [0.25, 0.3) is 0 Å². The van der Waals surface area contributed by atoms with Crippen LogP contribution in [0.4, 0.5) is 0 Å². The summed E-state index contributed by atoms with van der Waals surface area (Å²) in [6.45, 7) is 0. The number of benzene rings is 4. The van der Waals surface area contributed by atoms with E-state index in [1.165, 1.54) is 0 Å². The van der Waals surface area contributed by atoms with Crippen molar-refractivity contribution in [3.8, 4) is 33.4 Å². The van der Waals surface area contributed by atoms with Crippen LogP contribution in [0.1, 0.15) is 0 Å². The summed E-state index contributed by atoms with van der Waals surface area (Å²) in [5.41, 5.74) is 10.2. The lowest BCUT2D eigenvalue weighted by Crippen LogP contribution is -1.88. The first-order valence-electron chi connectivity index (χ1n) is 14.8. The minimum Gasteiger partial charge on any atom is -0.437 e. The standard InChI is InChI=1S/C39H21N3O3/c1-7-25(34-28(10-1)31-13-4-16-40-37(31)43-34)22-19-23(26-8-2-11-29-32-14-5-17-41-38(32)44-35(26)29)21-24(20-22)27-9-3-12-30-33-15-6-18-42-39(33)45-36(27)30/h1-21H. The summed E-state index contributed by atoms with van der Waals surface area (Å²) < 4.78 is 19.2. The average Bonchev–Trinajstić information content (AvgIpc) is 3.79. The van der Waals surface area contributed by atoms with Crippen molar-refractivity contribution < 1.29 is 13.3 Å². The Balaban J connectivity index is 1.29. The van der Waals surface area contributed by atoms with E-state index >= 15 is 0 Å². The first-order chi connectivity index (χ1) is 22.3. The van der Waals surface area contributed by atoms with Gasteiger partial charge in [-0.25, -0.2) is 15.0 Å². The van der Waals surface area contributed by atoms with E-state index in [1.54, 1.807) is 18.6 Å². The molecule has 0 fully saturated rings. The van der Waals surface area contributed by atoms with Gasteiger partial charge < -0.3 is 13.3 Å². The van der Waals surface area contributed by atoms with E-state index in [9.17, 15) is 0 Å². The second kappa shape index (κ2) is 9.11. The number of para-hydroxylation sites is 3. The molecule has 0 aliphatic carbocycles. The molecule has 0 spiro atoms. The van der Waals surface area contributed by atoms with E-state index in [4.69, 9.17) is 13.3 Å². The van der Waals surface area contributed by atoms with E-state index in [1.807, 2.05) is 36.4 Å². The van der Waals surface area contributed by atoms with Crippen molar-refractivity contribution in [2.45, 2.75) is 0 Å². The number of pyridine rings is 3. The third-order valence-electron chi connectivity index (χ3n) is 8.69. The van der Waals surface area contributed by atoms with E-state index in [2.05, 4.69) is 87.7 Å². The molecule has 6 nitrogen and oxygen atoms in total. The highest BCUT2D eigenvalue weighted by Gasteiger charge is 2.19. The topological polar surface area (TPSA) is 78.1 Å². The highest BCUT2D eigenvalue weighted by Crippen LogP contribution is 2.43. The van der Waals surface area contributed by atoms with Crippen molar-refractivity contribution in [3.63, 3.8) is 0 Å². The molecule has 0 aliphatic rings.